The number of nitrogens with one attached hydrogen (secondary N) is 2. The molecule has 1 aromatic carbocycles. The van der Waals surface area contributed by atoms with Gasteiger partial charge < -0.3 is 25.9 Å². The number of aromatic nitrogens is 3. The lowest BCUT2D eigenvalue weighted by Gasteiger charge is -2.17. The Labute approximate surface area is 174 Å². The van der Waals surface area contributed by atoms with E-state index >= 15 is 0 Å². The molecule has 2 heterocycles. The van der Waals surface area contributed by atoms with E-state index in [4.69, 9.17) is 28.5 Å². The number of hydrogen-bond acceptors (Lipinski definition) is 5. The first-order valence-corrected chi connectivity index (χ1v) is 9.38. The van der Waals surface area contributed by atoms with Crippen molar-refractivity contribution in [2.45, 2.75) is 6.54 Å². The minimum Gasteiger partial charge on any atom is -0.397 e. The maximum Gasteiger partial charge on any atom is 0.108 e. The van der Waals surface area contributed by atoms with Gasteiger partial charge in [-0.25, -0.2) is 4.98 Å². The second-order valence-corrected chi connectivity index (χ2v) is 6.99. The molecule has 0 aliphatic carbocycles. The lowest BCUT2D eigenvalue weighted by molar-refractivity contribution is 0.725. The first-order chi connectivity index (χ1) is 13.9. The molecule has 0 saturated heterocycles. The SMILES string of the molecule is Cn1cncc1CN/C(N)=C(C(=N)c1cccn1C)/C(Cl)=C(\N)c1ccccc1. The van der Waals surface area contributed by atoms with Gasteiger partial charge in [0, 0.05) is 26.5 Å². The van der Waals surface area contributed by atoms with Gasteiger partial charge >= 0.3 is 0 Å². The summed E-state index contributed by atoms with van der Waals surface area (Å²) in [6, 6.07) is 13.1. The summed E-state index contributed by atoms with van der Waals surface area (Å²) >= 11 is 6.69. The zero-order valence-electron chi connectivity index (χ0n) is 16.4. The number of nitrogens with zero attached hydrogens (tertiary/aromatic N) is 3. The first-order valence-electron chi connectivity index (χ1n) is 9.00. The van der Waals surface area contributed by atoms with Crippen molar-refractivity contribution in [3.05, 3.63) is 94.6 Å². The summed E-state index contributed by atoms with van der Waals surface area (Å²) in [5.74, 6) is 0.265. The van der Waals surface area contributed by atoms with Gasteiger partial charge in [-0.15, -0.1) is 0 Å². The van der Waals surface area contributed by atoms with E-state index in [-0.39, 0.29) is 16.6 Å². The molecular weight excluding hydrogens is 386 g/mol. The second-order valence-electron chi connectivity index (χ2n) is 6.61. The molecule has 0 radical (unpaired) electrons. The van der Waals surface area contributed by atoms with Crippen LogP contribution in [0.4, 0.5) is 0 Å². The molecule has 0 aliphatic heterocycles. The second kappa shape index (κ2) is 8.70. The average molecular weight is 410 g/mol. The Balaban J connectivity index is 2.04. The Hall–Kier alpha value is -3.45. The van der Waals surface area contributed by atoms with Crippen molar-refractivity contribution in [1.29, 1.82) is 5.41 Å². The van der Waals surface area contributed by atoms with E-state index in [9.17, 15) is 0 Å². The van der Waals surface area contributed by atoms with Crippen LogP contribution in [0.2, 0.25) is 0 Å². The topological polar surface area (TPSA) is 111 Å². The molecule has 0 unspecified atom stereocenters. The van der Waals surface area contributed by atoms with Crippen LogP contribution >= 0.6 is 11.6 Å². The van der Waals surface area contributed by atoms with Crippen LogP contribution in [0, 0.1) is 5.41 Å². The van der Waals surface area contributed by atoms with Crippen LogP contribution in [0.3, 0.4) is 0 Å². The standard InChI is InChI=1S/C21H24ClN7/c1-28-10-6-9-16(28)20(24)17(18(22)19(23)14-7-4-3-5-8-14)21(25)27-12-15-11-26-13-29(15)2/h3-11,13,24,27H,12,23,25H2,1-2H3/b19-18+,21-17-,24-20?. The van der Waals surface area contributed by atoms with E-state index in [0.717, 1.165) is 11.3 Å². The van der Waals surface area contributed by atoms with Gasteiger partial charge in [-0.1, -0.05) is 41.9 Å². The van der Waals surface area contributed by atoms with Gasteiger partial charge in [-0.05, 0) is 17.7 Å². The highest BCUT2D eigenvalue weighted by Gasteiger charge is 2.21. The Morgan fingerprint density at radius 2 is 1.83 bits per heavy atom. The van der Waals surface area contributed by atoms with Crippen LogP contribution in [0.25, 0.3) is 5.70 Å². The van der Waals surface area contributed by atoms with E-state index in [2.05, 4.69) is 10.3 Å². The van der Waals surface area contributed by atoms with Crippen molar-refractivity contribution >= 4 is 23.0 Å². The summed E-state index contributed by atoms with van der Waals surface area (Å²) in [4.78, 5) is 4.10. The molecule has 0 fully saturated rings. The maximum atomic E-state index is 8.77. The Kier molecular flexibility index (Phi) is 6.09. The summed E-state index contributed by atoms with van der Waals surface area (Å²) in [5, 5.41) is 12.1. The number of nitrogens with two attached hydrogens (primary N) is 2. The quantitative estimate of drug-likeness (QED) is 0.355. The average Bonchev–Trinajstić information content (AvgIpc) is 3.34. The van der Waals surface area contributed by atoms with Crippen molar-refractivity contribution in [3.63, 3.8) is 0 Å². The fraction of sp³-hybridized carbons (Fsp3) is 0.143. The molecule has 0 amide bonds. The smallest absolute Gasteiger partial charge is 0.108 e. The number of imidazole rings is 1. The van der Waals surface area contributed by atoms with Crippen LogP contribution < -0.4 is 16.8 Å². The third-order valence-electron chi connectivity index (χ3n) is 4.64. The van der Waals surface area contributed by atoms with Crippen molar-refractivity contribution in [1.82, 2.24) is 19.4 Å². The molecule has 0 spiro atoms. The van der Waals surface area contributed by atoms with Crippen molar-refractivity contribution in [3.8, 4) is 0 Å². The summed E-state index contributed by atoms with van der Waals surface area (Å²) in [6.07, 6.45) is 5.32. The van der Waals surface area contributed by atoms with Gasteiger partial charge in [0.1, 0.15) is 5.82 Å². The molecule has 3 aromatic rings. The van der Waals surface area contributed by atoms with Gasteiger partial charge in [-0.3, -0.25) is 5.41 Å². The molecule has 0 bridgehead atoms. The van der Waals surface area contributed by atoms with Gasteiger partial charge in [0.15, 0.2) is 0 Å². The van der Waals surface area contributed by atoms with Crippen molar-refractivity contribution in [2.24, 2.45) is 25.6 Å². The molecule has 2 aromatic heterocycles. The first kappa shape index (κ1) is 20.3. The lowest BCUT2D eigenvalue weighted by atomic mass is 10.0. The number of benzene rings is 1. The van der Waals surface area contributed by atoms with Crippen molar-refractivity contribution < 1.29 is 0 Å². The van der Waals surface area contributed by atoms with Gasteiger partial charge in [0.25, 0.3) is 0 Å². The van der Waals surface area contributed by atoms with Crippen molar-refractivity contribution in [2.75, 3.05) is 0 Å². The maximum absolute atomic E-state index is 8.77. The molecule has 6 N–H and O–H groups in total. The molecule has 0 atom stereocenters. The normalized spacial score (nSPS) is 12.9. The largest absolute Gasteiger partial charge is 0.397 e. The van der Waals surface area contributed by atoms with E-state index < -0.39 is 0 Å². The number of allylic oxidation sites excluding steroid dienone is 2. The molecule has 0 saturated carbocycles. The minimum absolute atomic E-state index is 0.177. The zero-order chi connectivity index (χ0) is 21.0. The highest BCUT2D eigenvalue weighted by Crippen LogP contribution is 2.27. The minimum atomic E-state index is 0.177. The predicted molar refractivity (Wildman–Crippen MR) is 117 cm³/mol. The molecule has 29 heavy (non-hydrogen) atoms. The fourth-order valence-electron chi connectivity index (χ4n) is 2.92. The number of hydrogen-bond donors (Lipinski definition) is 4. The third-order valence-corrected chi connectivity index (χ3v) is 5.03. The van der Waals surface area contributed by atoms with Crippen LogP contribution in [0.15, 0.2) is 77.6 Å². The monoisotopic (exact) mass is 409 g/mol. The Morgan fingerprint density at radius 3 is 2.41 bits per heavy atom. The Bertz CT molecular complexity index is 1070. The molecule has 0 aliphatic rings. The highest BCUT2D eigenvalue weighted by molar-refractivity contribution is 6.39. The van der Waals surface area contributed by atoms with E-state index in [1.165, 1.54) is 0 Å². The van der Waals surface area contributed by atoms with Crippen LogP contribution in [0.1, 0.15) is 17.0 Å². The molecular formula is C21H24ClN7. The van der Waals surface area contributed by atoms with Crippen LogP contribution in [-0.2, 0) is 20.6 Å². The number of rotatable bonds is 7. The third kappa shape index (κ3) is 4.35. The summed E-state index contributed by atoms with van der Waals surface area (Å²) in [6.45, 7) is 0.432. The zero-order valence-corrected chi connectivity index (χ0v) is 17.1. The molecule has 150 valence electrons. The van der Waals surface area contributed by atoms with Gasteiger partial charge in [0.05, 0.1) is 46.3 Å². The predicted octanol–water partition coefficient (Wildman–Crippen LogP) is 2.65. The summed E-state index contributed by atoms with van der Waals surface area (Å²) in [7, 11) is 3.76. The van der Waals surface area contributed by atoms with E-state index in [1.807, 2.05) is 71.9 Å². The van der Waals surface area contributed by atoms with E-state index in [0.29, 0.717) is 23.5 Å². The summed E-state index contributed by atoms with van der Waals surface area (Å²) < 4.78 is 3.72. The Morgan fingerprint density at radius 1 is 1.10 bits per heavy atom. The highest BCUT2D eigenvalue weighted by atomic mass is 35.5. The molecule has 7 nitrogen and oxygen atoms in total. The van der Waals surface area contributed by atoms with Crippen LogP contribution in [-0.4, -0.2) is 19.8 Å². The van der Waals surface area contributed by atoms with E-state index in [1.54, 1.807) is 12.5 Å². The molecule has 3 rings (SSSR count). The van der Waals surface area contributed by atoms with Gasteiger partial charge in [-0.2, -0.15) is 0 Å². The van der Waals surface area contributed by atoms with Gasteiger partial charge in [0.2, 0.25) is 0 Å². The number of aryl methyl sites for hydroxylation is 2. The fourth-order valence-corrected chi connectivity index (χ4v) is 3.23. The lowest BCUT2D eigenvalue weighted by Crippen LogP contribution is -2.26. The van der Waals surface area contributed by atoms with Crippen LogP contribution in [0.5, 0.6) is 0 Å². The number of halogens is 1. The molecule has 8 heteroatoms. The summed E-state index contributed by atoms with van der Waals surface area (Å²) in [5.41, 5.74) is 15.9.